The van der Waals surface area contributed by atoms with Gasteiger partial charge in [-0.1, -0.05) is 6.07 Å². The monoisotopic (exact) mass is 359 g/mol. The first-order valence-electron chi connectivity index (χ1n) is 8.89. The molecule has 7 nitrogen and oxygen atoms in total. The van der Waals surface area contributed by atoms with Crippen LogP contribution in [0.25, 0.3) is 4.98 Å². The number of aliphatic hydroxyl groups excluding tert-OH is 1. The van der Waals surface area contributed by atoms with Gasteiger partial charge in [0.15, 0.2) is 22.2 Å². The number of hydrogen-bond acceptors (Lipinski definition) is 6. The van der Waals surface area contributed by atoms with Crippen LogP contribution in [0.1, 0.15) is 29.9 Å². The summed E-state index contributed by atoms with van der Waals surface area (Å²) in [6.07, 6.45) is 3.32. The van der Waals surface area contributed by atoms with E-state index in [1.165, 1.54) is 5.56 Å². The molecule has 0 spiro atoms. The van der Waals surface area contributed by atoms with Crippen LogP contribution >= 0.6 is 0 Å². The molecule has 0 unspecified atom stereocenters. The summed E-state index contributed by atoms with van der Waals surface area (Å²) in [5.74, 6) is 1.84. The summed E-state index contributed by atoms with van der Waals surface area (Å²) in [5.41, 5.74) is 2.31. The second kappa shape index (κ2) is 6.78. The van der Waals surface area contributed by atoms with Crippen molar-refractivity contribution in [2.75, 3.05) is 21.0 Å². The van der Waals surface area contributed by atoms with Crippen LogP contribution in [0.2, 0.25) is 0 Å². The molecule has 4 rings (SSSR count). The lowest BCUT2D eigenvalue weighted by molar-refractivity contribution is -0.127. The predicted molar refractivity (Wildman–Crippen MR) is 92.6 cm³/mol. The third kappa shape index (κ3) is 2.52. The fraction of sp³-hybridized carbons (Fsp3) is 0.579. The lowest BCUT2D eigenvalue weighted by Crippen LogP contribution is -2.47. The van der Waals surface area contributed by atoms with Gasteiger partial charge >= 0.3 is 6.20 Å². The summed E-state index contributed by atoms with van der Waals surface area (Å²) in [6, 6.07) is 3.95. The number of ether oxygens (including phenoxy) is 4. The van der Waals surface area contributed by atoms with Crippen molar-refractivity contribution in [3.63, 3.8) is 0 Å². The zero-order chi connectivity index (χ0) is 18.3. The number of rotatable bonds is 5. The minimum atomic E-state index is -0.143. The van der Waals surface area contributed by atoms with Gasteiger partial charge in [-0.2, -0.15) is 0 Å². The van der Waals surface area contributed by atoms with E-state index in [4.69, 9.17) is 24.3 Å². The van der Waals surface area contributed by atoms with Gasteiger partial charge in [0, 0.05) is 24.5 Å². The Kier molecular flexibility index (Phi) is 4.47. The van der Waals surface area contributed by atoms with Crippen molar-refractivity contribution in [3.05, 3.63) is 40.2 Å². The maximum Gasteiger partial charge on any atom is 0.387 e. The van der Waals surface area contributed by atoms with Crippen LogP contribution < -0.4 is 9.47 Å². The van der Waals surface area contributed by atoms with E-state index in [0.717, 1.165) is 36.1 Å². The largest absolute Gasteiger partial charge is 0.505 e. The summed E-state index contributed by atoms with van der Waals surface area (Å²) in [5, 5.41) is 19.3. The Morgan fingerprint density at radius 1 is 1.38 bits per heavy atom. The molecule has 1 fully saturated rings. The van der Waals surface area contributed by atoms with E-state index in [0.29, 0.717) is 6.42 Å². The Bertz CT molecular complexity index is 772. The molecule has 26 heavy (non-hydrogen) atoms. The summed E-state index contributed by atoms with van der Waals surface area (Å²) in [4.78, 5) is 3.01. The highest BCUT2D eigenvalue weighted by molar-refractivity contribution is 5.58. The number of allylic oxidation sites excluding steroid dienone is 1. The zero-order valence-corrected chi connectivity index (χ0v) is 14.9. The van der Waals surface area contributed by atoms with Crippen LogP contribution in [0, 0.1) is 17.2 Å². The number of benzene rings is 1. The Balaban J connectivity index is 1.77. The van der Waals surface area contributed by atoms with Gasteiger partial charge in [0.05, 0.1) is 13.2 Å². The molecule has 1 heterocycles. The average Bonchev–Trinajstić information content (AvgIpc) is 3.06. The Labute approximate surface area is 152 Å². The van der Waals surface area contributed by atoms with Gasteiger partial charge in [-0.3, -0.25) is 0 Å². The Hall–Kier alpha value is -2.30. The molecule has 1 aliphatic heterocycles. The Morgan fingerprint density at radius 2 is 2.23 bits per heavy atom. The third-order valence-corrected chi connectivity index (χ3v) is 5.95. The quantitative estimate of drug-likeness (QED) is 0.493. The second-order valence-electron chi connectivity index (χ2n) is 7.11. The number of nitrogens with zero attached hydrogens (tertiary/aromatic N) is 2. The van der Waals surface area contributed by atoms with Gasteiger partial charge in [-0.05, 0) is 36.8 Å². The standard InChI is InChI=1S/C19H22N2O5/c1-23-9-25-15-6-4-11-12(13(22)8-21-20)7-10-3-5-14(24-2)18-16(10)17(11)19(15)26-18/h3,5,8,11-12,15,17,19H,4,6-7,9H2,1-2H3/p+1/b13-8+/t11-,12+,15+,17-,19-/m1/s1. The number of methoxy groups -OCH3 is 2. The fourth-order valence-corrected chi connectivity index (χ4v) is 4.94. The van der Waals surface area contributed by atoms with E-state index in [1.807, 2.05) is 12.1 Å². The van der Waals surface area contributed by atoms with E-state index in [2.05, 4.69) is 4.98 Å². The van der Waals surface area contributed by atoms with Crippen LogP contribution in [-0.4, -0.2) is 38.3 Å². The van der Waals surface area contributed by atoms with Crippen LogP contribution in [-0.2, 0) is 15.9 Å². The summed E-state index contributed by atoms with van der Waals surface area (Å²) in [7, 11) is 3.25. The first-order chi connectivity index (χ1) is 12.7. The molecular weight excluding hydrogens is 336 g/mol. The maximum absolute atomic E-state index is 10.4. The zero-order valence-electron chi connectivity index (χ0n) is 14.9. The van der Waals surface area contributed by atoms with Crippen molar-refractivity contribution in [2.24, 2.45) is 11.8 Å². The molecular formula is C19H23N2O5+. The first-order valence-corrected chi connectivity index (χ1v) is 8.89. The molecule has 1 N–H and O–H groups in total. The van der Waals surface area contributed by atoms with Crippen molar-refractivity contribution in [2.45, 2.75) is 37.4 Å². The van der Waals surface area contributed by atoms with Crippen molar-refractivity contribution in [3.8, 4) is 11.5 Å². The molecule has 1 aromatic rings. The summed E-state index contributed by atoms with van der Waals surface area (Å²) >= 11 is 0. The van der Waals surface area contributed by atoms with Crippen molar-refractivity contribution in [1.82, 2.24) is 0 Å². The molecule has 1 saturated carbocycles. The summed E-state index contributed by atoms with van der Waals surface area (Å²) in [6.45, 7) is 0.222. The Morgan fingerprint density at radius 3 is 2.96 bits per heavy atom. The van der Waals surface area contributed by atoms with Crippen molar-refractivity contribution < 1.29 is 24.1 Å². The number of diazo groups is 1. The van der Waals surface area contributed by atoms with Crippen LogP contribution in [0.3, 0.4) is 0 Å². The highest BCUT2D eigenvalue weighted by Gasteiger charge is 2.54. The molecule has 0 bridgehead atoms. The lowest BCUT2D eigenvalue weighted by atomic mass is 9.62. The van der Waals surface area contributed by atoms with E-state index < -0.39 is 0 Å². The van der Waals surface area contributed by atoms with E-state index >= 15 is 0 Å². The molecule has 3 aliphatic rings. The molecule has 138 valence electrons. The average molecular weight is 359 g/mol. The van der Waals surface area contributed by atoms with Gasteiger partial charge in [-0.15, -0.1) is 0 Å². The van der Waals surface area contributed by atoms with E-state index in [9.17, 15) is 5.11 Å². The van der Waals surface area contributed by atoms with Crippen LogP contribution in [0.4, 0.5) is 0 Å². The lowest BCUT2D eigenvalue weighted by Gasteiger charge is -2.43. The SMILES string of the molecule is COCO[C@H]1CC[C@H]2[C@@H]3c4c(ccc(OC)c4O[C@@H]31)C[C@@H]2/C(O)=C\[N+]#N. The van der Waals surface area contributed by atoms with Gasteiger partial charge < -0.3 is 24.1 Å². The van der Waals surface area contributed by atoms with Crippen molar-refractivity contribution >= 4 is 0 Å². The fourth-order valence-electron chi connectivity index (χ4n) is 4.94. The van der Waals surface area contributed by atoms with Gasteiger partial charge in [0.2, 0.25) is 5.39 Å². The van der Waals surface area contributed by atoms with Gasteiger partial charge in [-0.25, -0.2) is 0 Å². The highest BCUT2D eigenvalue weighted by atomic mass is 16.7. The van der Waals surface area contributed by atoms with Gasteiger partial charge in [0.1, 0.15) is 12.9 Å². The molecule has 7 heteroatoms. The molecule has 2 aliphatic carbocycles. The second-order valence-corrected chi connectivity index (χ2v) is 7.11. The smallest absolute Gasteiger partial charge is 0.387 e. The molecule has 0 radical (unpaired) electrons. The first kappa shape index (κ1) is 17.1. The van der Waals surface area contributed by atoms with Crippen LogP contribution in [0.15, 0.2) is 24.1 Å². The van der Waals surface area contributed by atoms with E-state index in [-0.39, 0.29) is 42.5 Å². The molecule has 5 atom stereocenters. The van der Waals surface area contributed by atoms with E-state index in [1.54, 1.807) is 14.2 Å². The molecule has 0 amide bonds. The van der Waals surface area contributed by atoms with Crippen molar-refractivity contribution in [1.29, 1.82) is 5.39 Å². The normalized spacial score (nSPS) is 31.7. The molecule has 0 saturated heterocycles. The predicted octanol–water partition coefficient (Wildman–Crippen LogP) is 3.36. The minimum absolute atomic E-state index is 0.0754. The molecule has 1 aromatic carbocycles. The molecule has 0 aromatic heterocycles. The highest BCUT2D eigenvalue weighted by Crippen LogP contribution is 2.59. The number of aliphatic hydroxyl groups is 1. The van der Waals surface area contributed by atoms with Gasteiger partial charge in [0.25, 0.3) is 0 Å². The minimum Gasteiger partial charge on any atom is -0.505 e. The number of hydrogen-bond donors (Lipinski definition) is 1. The maximum atomic E-state index is 10.4. The summed E-state index contributed by atoms with van der Waals surface area (Å²) < 4.78 is 22.8. The third-order valence-electron chi connectivity index (χ3n) is 5.95. The topological polar surface area (TPSA) is 85.3 Å². The van der Waals surface area contributed by atoms with Crippen LogP contribution in [0.5, 0.6) is 11.5 Å².